The van der Waals surface area contributed by atoms with Gasteiger partial charge in [0.25, 0.3) is 0 Å². The number of carboxylic acids is 1. The highest BCUT2D eigenvalue weighted by atomic mass is 16.4. The van der Waals surface area contributed by atoms with E-state index in [9.17, 15) is 9.59 Å². The Bertz CT molecular complexity index is 262. The summed E-state index contributed by atoms with van der Waals surface area (Å²) in [4.78, 5) is 24.4. The minimum Gasteiger partial charge on any atom is -0.480 e. The Balaban J connectivity index is 2.60. The third-order valence-corrected chi connectivity index (χ3v) is 3.18. The highest BCUT2D eigenvalue weighted by Crippen LogP contribution is 2.16. The summed E-state index contributed by atoms with van der Waals surface area (Å²) in [5, 5.41) is 12.2. The molecule has 1 heterocycles. The van der Waals surface area contributed by atoms with Crippen LogP contribution in [0.15, 0.2) is 0 Å². The molecule has 1 aliphatic rings. The predicted octanol–water partition coefficient (Wildman–Crippen LogP) is 0.308. The van der Waals surface area contributed by atoms with Crippen LogP contribution in [-0.4, -0.2) is 48.1 Å². The minimum atomic E-state index is -0.924. The number of carbonyl (C=O) groups is 2. The molecule has 0 radical (unpaired) electrons. The highest BCUT2D eigenvalue weighted by Gasteiger charge is 2.30. The normalized spacial score (nSPS) is 19.1. The summed E-state index contributed by atoms with van der Waals surface area (Å²) in [6.45, 7) is 3.47. The fourth-order valence-electron chi connectivity index (χ4n) is 2.12. The van der Waals surface area contributed by atoms with Crippen molar-refractivity contribution in [2.45, 2.75) is 32.2 Å². The zero-order chi connectivity index (χ0) is 12.1. The van der Waals surface area contributed by atoms with E-state index in [4.69, 9.17) is 5.11 Å². The third kappa shape index (κ3) is 2.95. The summed E-state index contributed by atoms with van der Waals surface area (Å²) in [6, 6.07) is -0.692. The fraction of sp³-hybridized carbons (Fsp3) is 0.818. The monoisotopic (exact) mass is 228 g/mol. The van der Waals surface area contributed by atoms with E-state index in [1.807, 2.05) is 0 Å². The molecule has 0 aromatic carbocycles. The summed E-state index contributed by atoms with van der Waals surface area (Å²) in [7, 11) is 1.59. The standard InChI is InChI=1S/C11H20N2O3/c1-3-9(11(15)16)13(2)10(14)8-4-6-12-7-5-8/h8-9,12H,3-7H2,1-2H3,(H,15,16). The van der Waals surface area contributed by atoms with Gasteiger partial charge in [0.15, 0.2) is 0 Å². The number of likely N-dealkylation sites (N-methyl/N-ethyl adjacent to an activating group) is 1. The van der Waals surface area contributed by atoms with Gasteiger partial charge in [-0.1, -0.05) is 6.92 Å². The molecule has 1 aliphatic heterocycles. The molecular weight excluding hydrogens is 208 g/mol. The van der Waals surface area contributed by atoms with Gasteiger partial charge >= 0.3 is 5.97 Å². The van der Waals surface area contributed by atoms with Gasteiger partial charge in [-0.2, -0.15) is 0 Å². The largest absolute Gasteiger partial charge is 0.480 e. The fourth-order valence-corrected chi connectivity index (χ4v) is 2.12. The Hall–Kier alpha value is -1.10. The van der Waals surface area contributed by atoms with Gasteiger partial charge < -0.3 is 15.3 Å². The number of aliphatic carboxylic acids is 1. The van der Waals surface area contributed by atoms with Crippen molar-refractivity contribution in [2.75, 3.05) is 20.1 Å². The van der Waals surface area contributed by atoms with Gasteiger partial charge in [0.05, 0.1) is 0 Å². The van der Waals surface area contributed by atoms with Crippen LogP contribution in [0.1, 0.15) is 26.2 Å². The van der Waals surface area contributed by atoms with Crippen LogP contribution in [0.3, 0.4) is 0 Å². The van der Waals surface area contributed by atoms with Crippen molar-refractivity contribution in [1.82, 2.24) is 10.2 Å². The van der Waals surface area contributed by atoms with Gasteiger partial charge in [-0.05, 0) is 32.4 Å². The second-order valence-electron chi connectivity index (χ2n) is 4.24. The maximum Gasteiger partial charge on any atom is 0.326 e. The van der Waals surface area contributed by atoms with Crippen molar-refractivity contribution < 1.29 is 14.7 Å². The Labute approximate surface area is 95.8 Å². The van der Waals surface area contributed by atoms with E-state index in [0.29, 0.717) is 6.42 Å². The Morgan fingerprint density at radius 1 is 1.44 bits per heavy atom. The molecule has 1 rings (SSSR count). The predicted molar refractivity (Wildman–Crippen MR) is 60.1 cm³/mol. The molecule has 5 heteroatoms. The van der Waals surface area contributed by atoms with E-state index in [2.05, 4.69) is 5.32 Å². The van der Waals surface area contributed by atoms with Crippen molar-refractivity contribution in [3.05, 3.63) is 0 Å². The molecule has 1 unspecified atom stereocenters. The number of carboxylic acid groups (broad SMARTS) is 1. The number of carbonyl (C=O) groups excluding carboxylic acids is 1. The van der Waals surface area contributed by atoms with Gasteiger partial charge in [0.1, 0.15) is 6.04 Å². The molecule has 0 bridgehead atoms. The number of amides is 1. The van der Waals surface area contributed by atoms with Crippen LogP contribution in [0.25, 0.3) is 0 Å². The van der Waals surface area contributed by atoms with Crippen LogP contribution in [0.5, 0.6) is 0 Å². The molecule has 92 valence electrons. The van der Waals surface area contributed by atoms with E-state index >= 15 is 0 Å². The number of piperidine rings is 1. The molecule has 0 aliphatic carbocycles. The SMILES string of the molecule is CCC(C(=O)O)N(C)C(=O)C1CCNCC1. The minimum absolute atomic E-state index is 0.0142. The average Bonchev–Trinajstić information content (AvgIpc) is 2.29. The molecule has 1 amide bonds. The Morgan fingerprint density at radius 3 is 2.44 bits per heavy atom. The van der Waals surface area contributed by atoms with Gasteiger partial charge in [0, 0.05) is 13.0 Å². The third-order valence-electron chi connectivity index (χ3n) is 3.18. The number of nitrogens with one attached hydrogen (secondary N) is 1. The molecule has 0 spiro atoms. The van der Waals surface area contributed by atoms with Crippen molar-refractivity contribution >= 4 is 11.9 Å². The van der Waals surface area contributed by atoms with Crippen LogP contribution < -0.4 is 5.32 Å². The van der Waals surface area contributed by atoms with Crippen LogP contribution in [-0.2, 0) is 9.59 Å². The Kier molecular flexibility index (Phi) is 4.73. The molecule has 16 heavy (non-hydrogen) atoms. The lowest BCUT2D eigenvalue weighted by Gasteiger charge is -2.30. The maximum absolute atomic E-state index is 12.0. The van der Waals surface area contributed by atoms with Crippen molar-refractivity contribution in [3.8, 4) is 0 Å². The van der Waals surface area contributed by atoms with Crippen molar-refractivity contribution in [3.63, 3.8) is 0 Å². The van der Waals surface area contributed by atoms with Crippen molar-refractivity contribution in [2.24, 2.45) is 5.92 Å². The summed E-state index contributed by atoms with van der Waals surface area (Å²) < 4.78 is 0. The van der Waals surface area contributed by atoms with Crippen LogP contribution in [0, 0.1) is 5.92 Å². The lowest BCUT2D eigenvalue weighted by molar-refractivity contribution is -0.151. The first-order chi connectivity index (χ1) is 7.57. The maximum atomic E-state index is 12.0. The molecule has 1 fully saturated rings. The van der Waals surface area contributed by atoms with Crippen LogP contribution >= 0.6 is 0 Å². The van der Waals surface area contributed by atoms with Gasteiger partial charge in [-0.15, -0.1) is 0 Å². The number of nitrogens with zero attached hydrogens (tertiary/aromatic N) is 1. The smallest absolute Gasteiger partial charge is 0.326 e. The lowest BCUT2D eigenvalue weighted by atomic mass is 9.96. The first kappa shape index (κ1) is 13.0. The lowest BCUT2D eigenvalue weighted by Crippen LogP contribution is -2.46. The van der Waals surface area contributed by atoms with E-state index in [1.54, 1.807) is 14.0 Å². The van der Waals surface area contributed by atoms with Crippen LogP contribution in [0.4, 0.5) is 0 Å². The number of hydrogen-bond donors (Lipinski definition) is 2. The van der Waals surface area contributed by atoms with Gasteiger partial charge in [-0.3, -0.25) is 4.79 Å². The molecule has 2 N–H and O–H groups in total. The van der Waals surface area contributed by atoms with E-state index in [1.165, 1.54) is 4.90 Å². The highest BCUT2D eigenvalue weighted by molar-refractivity contribution is 5.84. The quantitative estimate of drug-likeness (QED) is 0.726. The molecule has 0 saturated carbocycles. The zero-order valence-electron chi connectivity index (χ0n) is 9.90. The Morgan fingerprint density at radius 2 is 2.00 bits per heavy atom. The molecule has 1 saturated heterocycles. The van der Waals surface area contributed by atoms with E-state index < -0.39 is 12.0 Å². The molecule has 1 atom stereocenters. The second kappa shape index (κ2) is 5.84. The molecule has 0 aromatic rings. The summed E-state index contributed by atoms with van der Waals surface area (Å²) in [5.74, 6) is -0.970. The van der Waals surface area contributed by atoms with Gasteiger partial charge in [-0.25, -0.2) is 4.79 Å². The number of rotatable bonds is 4. The summed E-state index contributed by atoms with van der Waals surface area (Å²) in [6.07, 6.45) is 2.06. The van der Waals surface area contributed by atoms with Crippen LogP contribution in [0.2, 0.25) is 0 Å². The van der Waals surface area contributed by atoms with E-state index in [0.717, 1.165) is 25.9 Å². The molecule has 5 nitrogen and oxygen atoms in total. The number of hydrogen-bond acceptors (Lipinski definition) is 3. The first-order valence-electron chi connectivity index (χ1n) is 5.78. The zero-order valence-corrected chi connectivity index (χ0v) is 9.90. The second-order valence-corrected chi connectivity index (χ2v) is 4.24. The average molecular weight is 228 g/mol. The van der Waals surface area contributed by atoms with E-state index in [-0.39, 0.29) is 11.8 Å². The molecular formula is C11H20N2O3. The molecule has 0 aromatic heterocycles. The topological polar surface area (TPSA) is 69.6 Å². The van der Waals surface area contributed by atoms with Gasteiger partial charge in [0.2, 0.25) is 5.91 Å². The first-order valence-corrected chi connectivity index (χ1v) is 5.78. The van der Waals surface area contributed by atoms with Crippen molar-refractivity contribution in [1.29, 1.82) is 0 Å². The summed E-state index contributed by atoms with van der Waals surface area (Å²) in [5.41, 5.74) is 0. The summed E-state index contributed by atoms with van der Waals surface area (Å²) >= 11 is 0.